The van der Waals surface area contributed by atoms with Crippen LogP contribution in [0, 0.1) is 6.92 Å². The van der Waals surface area contributed by atoms with Gasteiger partial charge in [-0.25, -0.2) is 4.98 Å². The van der Waals surface area contributed by atoms with Crippen molar-refractivity contribution >= 4 is 23.3 Å². The lowest BCUT2D eigenvalue weighted by Gasteiger charge is -2.14. The molecule has 2 aromatic rings. The molecule has 23 heavy (non-hydrogen) atoms. The molecular weight excluding hydrogens is 310 g/mol. The van der Waals surface area contributed by atoms with Crippen molar-refractivity contribution < 1.29 is 4.79 Å². The molecule has 0 saturated heterocycles. The second-order valence-corrected chi connectivity index (χ2v) is 6.85. The molecule has 0 spiro atoms. The Hall–Kier alpha value is -2.02. The van der Waals surface area contributed by atoms with E-state index in [2.05, 4.69) is 25.1 Å². The van der Waals surface area contributed by atoms with Gasteiger partial charge in [0.25, 0.3) is 0 Å². The van der Waals surface area contributed by atoms with E-state index < -0.39 is 0 Å². The van der Waals surface area contributed by atoms with Gasteiger partial charge in [0, 0.05) is 24.4 Å². The summed E-state index contributed by atoms with van der Waals surface area (Å²) in [6, 6.07) is -0.163. The number of rotatable bonds is 4. The fraction of sp³-hybridized carbons (Fsp3) is 0.500. The number of aryl methyl sites for hydroxylation is 2. The van der Waals surface area contributed by atoms with Gasteiger partial charge < -0.3 is 9.88 Å². The lowest BCUT2D eigenvalue weighted by atomic mass is 10.2. The predicted octanol–water partition coefficient (Wildman–Crippen LogP) is 2.66. The summed E-state index contributed by atoms with van der Waals surface area (Å²) in [6.07, 6.45) is 7.74. The molecule has 2 aromatic heterocycles. The molecule has 0 fully saturated rings. The number of hydrogen-bond acceptors (Lipinski definition) is 5. The first-order chi connectivity index (χ1) is 11.1. The van der Waals surface area contributed by atoms with Crippen LogP contribution in [-0.2, 0) is 17.8 Å². The molecule has 0 aromatic carbocycles. The van der Waals surface area contributed by atoms with Crippen LogP contribution in [0.4, 0.5) is 0 Å². The van der Waals surface area contributed by atoms with Crippen LogP contribution >= 0.6 is 11.3 Å². The molecule has 0 aliphatic carbocycles. The zero-order chi connectivity index (χ0) is 16.2. The number of aromatic nitrogens is 4. The molecular formula is C16H21N5OS. The number of fused-ring (bicyclic) bond motifs is 1. The summed E-state index contributed by atoms with van der Waals surface area (Å²) < 4.78 is 2.16. The van der Waals surface area contributed by atoms with Crippen molar-refractivity contribution in [1.82, 2.24) is 25.1 Å². The van der Waals surface area contributed by atoms with Gasteiger partial charge in [-0.15, -0.1) is 21.5 Å². The number of nitrogens with zero attached hydrogens (tertiary/aromatic N) is 4. The molecule has 1 N–H and O–H groups in total. The molecule has 6 nitrogen and oxygen atoms in total. The minimum atomic E-state index is -0.163. The highest BCUT2D eigenvalue weighted by Crippen LogP contribution is 2.18. The van der Waals surface area contributed by atoms with Crippen molar-refractivity contribution in [3.05, 3.63) is 33.8 Å². The van der Waals surface area contributed by atoms with Crippen LogP contribution in [0.1, 0.15) is 54.6 Å². The second kappa shape index (κ2) is 7.04. The van der Waals surface area contributed by atoms with E-state index in [1.165, 1.54) is 12.5 Å². The van der Waals surface area contributed by atoms with Gasteiger partial charge in [0.2, 0.25) is 5.91 Å². The average Bonchev–Trinajstić information content (AvgIpc) is 3.05. The van der Waals surface area contributed by atoms with Crippen molar-refractivity contribution in [2.75, 3.05) is 0 Å². The second-order valence-electron chi connectivity index (χ2n) is 5.79. The number of carbonyl (C=O) groups is 1. The quantitative estimate of drug-likeness (QED) is 0.874. The SMILES string of the molecule is Cc1nc(/C=C\C(=O)N[C@@H](C)c2nnc3n2CCCCC3)cs1. The summed E-state index contributed by atoms with van der Waals surface area (Å²) in [5, 5.41) is 14.4. The highest BCUT2D eigenvalue weighted by atomic mass is 32.1. The Kier molecular flexibility index (Phi) is 4.85. The molecule has 3 rings (SSSR count). The van der Waals surface area contributed by atoms with Crippen molar-refractivity contribution in [2.24, 2.45) is 0 Å². The van der Waals surface area contributed by atoms with Gasteiger partial charge >= 0.3 is 0 Å². The van der Waals surface area contributed by atoms with Gasteiger partial charge in [0.15, 0.2) is 5.82 Å². The summed E-state index contributed by atoms with van der Waals surface area (Å²) in [5.41, 5.74) is 0.812. The lowest BCUT2D eigenvalue weighted by Crippen LogP contribution is -2.27. The van der Waals surface area contributed by atoms with Gasteiger partial charge in [-0.1, -0.05) is 6.42 Å². The first-order valence-corrected chi connectivity index (χ1v) is 8.84. The van der Waals surface area contributed by atoms with E-state index in [4.69, 9.17) is 0 Å². The number of thiazole rings is 1. The molecule has 3 heterocycles. The first kappa shape index (κ1) is 15.9. The van der Waals surface area contributed by atoms with E-state index in [1.54, 1.807) is 17.4 Å². The first-order valence-electron chi connectivity index (χ1n) is 7.96. The summed E-state index contributed by atoms with van der Waals surface area (Å²) in [6.45, 7) is 4.83. The van der Waals surface area contributed by atoms with Crippen molar-refractivity contribution in [1.29, 1.82) is 0 Å². The molecule has 7 heteroatoms. The third-order valence-electron chi connectivity index (χ3n) is 3.93. The number of carbonyl (C=O) groups excluding carboxylic acids is 1. The third kappa shape index (κ3) is 3.85. The largest absolute Gasteiger partial charge is 0.343 e. The number of amides is 1. The van der Waals surface area contributed by atoms with Crippen LogP contribution in [0.5, 0.6) is 0 Å². The minimum absolute atomic E-state index is 0.144. The number of hydrogen-bond donors (Lipinski definition) is 1. The van der Waals surface area contributed by atoms with Gasteiger partial charge in [-0.2, -0.15) is 0 Å². The van der Waals surface area contributed by atoms with Crippen LogP contribution in [0.3, 0.4) is 0 Å². The van der Waals surface area contributed by atoms with Gasteiger partial charge in [0.1, 0.15) is 5.82 Å². The Morgan fingerprint density at radius 3 is 3.04 bits per heavy atom. The highest BCUT2D eigenvalue weighted by molar-refractivity contribution is 7.09. The normalized spacial score (nSPS) is 16.1. The molecule has 1 amide bonds. The third-order valence-corrected chi connectivity index (χ3v) is 4.72. The summed E-state index contributed by atoms with van der Waals surface area (Å²) in [4.78, 5) is 16.4. The Morgan fingerprint density at radius 2 is 2.26 bits per heavy atom. The Labute approximate surface area is 139 Å². The Morgan fingerprint density at radius 1 is 1.39 bits per heavy atom. The molecule has 0 unspecified atom stereocenters. The molecule has 122 valence electrons. The molecule has 0 saturated carbocycles. The molecule has 1 aliphatic heterocycles. The van der Waals surface area contributed by atoms with Crippen LogP contribution < -0.4 is 5.32 Å². The van der Waals surface area contributed by atoms with E-state index in [1.807, 2.05) is 19.2 Å². The predicted molar refractivity (Wildman–Crippen MR) is 90.0 cm³/mol. The summed E-state index contributed by atoms with van der Waals surface area (Å²) >= 11 is 1.57. The zero-order valence-electron chi connectivity index (χ0n) is 13.5. The number of nitrogens with one attached hydrogen (secondary N) is 1. The standard InChI is InChI=1S/C16H21N5OS/c1-11(16-20-19-14-6-4-3-5-9-21(14)16)17-15(22)8-7-13-10-23-12(2)18-13/h7-8,10-11H,3-6,9H2,1-2H3,(H,17,22)/b8-7-/t11-/m0/s1. The van der Waals surface area contributed by atoms with E-state index >= 15 is 0 Å². The maximum atomic E-state index is 12.1. The fourth-order valence-electron chi connectivity index (χ4n) is 2.77. The van der Waals surface area contributed by atoms with Gasteiger partial charge in [-0.05, 0) is 32.8 Å². The van der Waals surface area contributed by atoms with E-state index in [9.17, 15) is 4.79 Å². The molecule has 1 aliphatic rings. The van der Waals surface area contributed by atoms with Crippen molar-refractivity contribution in [2.45, 2.75) is 52.1 Å². The Balaban J connectivity index is 1.64. The minimum Gasteiger partial charge on any atom is -0.343 e. The maximum absolute atomic E-state index is 12.1. The summed E-state index contributed by atoms with van der Waals surface area (Å²) in [7, 11) is 0. The average molecular weight is 331 g/mol. The molecule has 0 radical (unpaired) electrons. The monoisotopic (exact) mass is 331 g/mol. The van der Waals surface area contributed by atoms with Crippen LogP contribution in [0.15, 0.2) is 11.5 Å². The van der Waals surface area contributed by atoms with E-state index in [-0.39, 0.29) is 11.9 Å². The van der Waals surface area contributed by atoms with Crippen molar-refractivity contribution in [3.63, 3.8) is 0 Å². The summed E-state index contributed by atoms with van der Waals surface area (Å²) in [5.74, 6) is 1.73. The van der Waals surface area contributed by atoms with Gasteiger partial charge in [0.05, 0.1) is 16.7 Å². The van der Waals surface area contributed by atoms with E-state index in [0.29, 0.717) is 0 Å². The fourth-order valence-corrected chi connectivity index (χ4v) is 3.35. The zero-order valence-corrected chi connectivity index (χ0v) is 14.3. The lowest BCUT2D eigenvalue weighted by molar-refractivity contribution is -0.117. The van der Waals surface area contributed by atoms with Crippen LogP contribution in [-0.4, -0.2) is 25.7 Å². The smallest absolute Gasteiger partial charge is 0.244 e. The maximum Gasteiger partial charge on any atom is 0.244 e. The Bertz CT molecular complexity index is 718. The van der Waals surface area contributed by atoms with E-state index in [0.717, 1.165) is 48.2 Å². The topological polar surface area (TPSA) is 72.7 Å². The van der Waals surface area contributed by atoms with Gasteiger partial charge in [-0.3, -0.25) is 4.79 Å². The van der Waals surface area contributed by atoms with Crippen LogP contribution in [0.25, 0.3) is 6.08 Å². The van der Waals surface area contributed by atoms with Crippen molar-refractivity contribution in [3.8, 4) is 0 Å². The molecule has 0 bridgehead atoms. The van der Waals surface area contributed by atoms with Crippen LogP contribution in [0.2, 0.25) is 0 Å². The molecule has 1 atom stereocenters. The highest BCUT2D eigenvalue weighted by Gasteiger charge is 2.19.